The molecule has 0 aliphatic heterocycles. The third-order valence-corrected chi connectivity index (χ3v) is 6.33. The molecule has 0 radical (unpaired) electrons. The van der Waals surface area contributed by atoms with E-state index in [1.54, 1.807) is 13.8 Å². The lowest BCUT2D eigenvalue weighted by molar-refractivity contribution is 0.512. The Balaban J connectivity index is 3.17. The van der Waals surface area contributed by atoms with Gasteiger partial charge < -0.3 is 5.73 Å². The number of hydrogen-bond donors (Lipinski definition) is 2. The molecule has 1 aromatic heterocycles. The number of thiocarbonyl (C=S) groups is 1. The lowest BCUT2D eigenvalue weighted by Crippen LogP contribution is -2.53. The second-order valence-corrected chi connectivity index (χ2v) is 8.22. The minimum atomic E-state index is -3.81. The van der Waals surface area contributed by atoms with Gasteiger partial charge in [0.25, 0.3) is 0 Å². The van der Waals surface area contributed by atoms with E-state index in [2.05, 4.69) is 4.72 Å². The van der Waals surface area contributed by atoms with Crippen LogP contribution in [0, 0.1) is 0 Å². The molecule has 18 heavy (non-hydrogen) atoms. The van der Waals surface area contributed by atoms with Crippen molar-refractivity contribution in [2.45, 2.75) is 30.7 Å². The fourth-order valence-electron chi connectivity index (χ4n) is 1.16. The summed E-state index contributed by atoms with van der Waals surface area (Å²) in [4.78, 5) is 0.0149. The number of rotatable bonds is 5. The molecule has 0 aromatic carbocycles. The summed E-state index contributed by atoms with van der Waals surface area (Å²) < 4.78 is 27.2. The first-order valence-electron chi connectivity index (χ1n) is 4.91. The van der Waals surface area contributed by atoms with Crippen LogP contribution in [-0.4, -0.2) is 18.9 Å². The predicted molar refractivity (Wildman–Crippen MR) is 80.1 cm³/mol. The van der Waals surface area contributed by atoms with Crippen LogP contribution in [0.2, 0.25) is 8.67 Å². The van der Waals surface area contributed by atoms with Gasteiger partial charge in [-0.2, -0.15) is 4.72 Å². The fraction of sp³-hybridized carbons (Fsp3) is 0.444. The topological polar surface area (TPSA) is 72.2 Å². The van der Waals surface area contributed by atoms with Gasteiger partial charge in [0.15, 0.2) is 0 Å². The Kier molecular flexibility index (Phi) is 5.02. The third-order valence-electron chi connectivity index (χ3n) is 2.53. The molecule has 1 heterocycles. The van der Waals surface area contributed by atoms with E-state index in [9.17, 15) is 8.42 Å². The highest BCUT2D eigenvalue weighted by Crippen LogP contribution is 2.34. The van der Waals surface area contributed by atoms with E-state index in [1.807, 2.05) is 0 Å². The summed E-state index contributed by atoms with van der Waals surface area (Å²) in [5.41, 5.74) is 4.56. The van der Waals surface area contributed by atoms with Crippen molar-refractivity contribution in [1.29, 1.82) is 0 Å². The Labute approximate surface area is 126 Å². The molecule has 0 fully saturated rings. The molecule has 4 nitrogen and oxygen atoms in total. The van der Waals surface area contributed by atoms with Gasteiger partial charge in [-0.25, -0.2) is 8.42 Å². The minimum Gasteiger partial charge on any atom is -0.392 e. The SMILES string of the molecule is CCC(C)(NS(=O)(=O)c1cc(Cl)sc1Cl)C(N)=S. The van der Waals surface area contributed by atoms with Crippen LogP contribution in [0.25, 0.3) is 0 Å². The maximum Gasteiger partial charge on any atom is 0.243 e. The van der Waals surface area contributed by atoms with Gasteiger partial charge in [0.2, 0.25) is 10.0 Å². The van der Waals surface area contributed by atoms with Gasteiger partial charge in [0, 0.05) is 0 Å². The molecule has 3 N–H and O–H groups in total. The zero-order valence-corrected chi connectivity index (χ0v) is 13.6. The molecule has 0 saturated heterocycles. The van der Waals surface area contributed by atoms with Crippen LogP contribution in [0.15, 0.2) is 11.0 Å². The summed E-state index contributed by atoms with van der Waals surface area (Å²) in [6.07, 6.45) is 0.428. The van der Waals surface area contributed by atoms with Crippen molar-refractivity contribution in [3.05, 3.63) is 14.7 Å². The molecule has 102 valence electrons. The second-order valence-electron chi connectivity index (χ2n) is 3.84. The molecule has 0 aliphatic rings. The second kappa shape index (κ2) is 5.60. The molecule has 0 amide bonds. The Bertz CT molecular complexity index is 570. The number of nitrogens with two attached hydrogens (primary N) is 1. The predicted octanol–water partition coefficient (Wildman–Crippen LogP) is 2.79. The molecular formula is C9H12Cl2N2O2S3. The molecule has 0 saturated carbocycles. The summed E-state index contributed by atoms with van der Waals surface area (Å²) in [6, 6.07) is 1.30. The Hall–Kier alpha value is 0.0800. The van der Waals surface area contributed by atoms with Crippen LogP contribution >= 0.6 is 46.8 Å². The smallest absolute Gasteiger partial charge is 0.243 e. The van der Waals surface area contributed by atoms with E-state index < -0.39 is 15.6 Å². The van der Waals surface area contributed by atoms with Gasteiger partial charge >= 0.3 is 0 Å². The van der Waals surface area contributed by atoms with Crippen LogP contribution in [0.3, 0.4) is 0 Å². The molecule has 0 spiro atoms. The molecule has 0 aliphatic carbocycles. The number of thiophene rings is 1. The summed E-state index contributed by atoms with van der Waals surface area (Å²) in [5.74, 6) is 0. The Morgan fingerprint density at radius 1 is 1.61 bits per heavy atom. The zero-order chi connectivity index (χ0) is 14.1. The van der Waals surface area contributed by atoms with Crippen LogP contribution in [0.1, 0.15) is 20.3 Å². The fourth-order valence-corrected chi connectivity index (χ4v) is 5.03. The highest BCUT2D eigenvalue weighted by Gasteiger charge is 2.33. The van der Waals surface area contributed by atoms with Gasteiger partial charge in [-0.3, -0.25) is 0 Å². The van der Waals surface area contributed by atoms with Crippen molar-refractivity contribution in [2.75, 3.05) is 0 Å². The third kappa shape index (κ3) is 3.34. The molecule has 1 rings (SSSR count). The van der Waals surface area contributed by atoms with E-state index in [-0.39, 0.29) is 14.2 Å². The van der Waals surface area contributed by atoms with E-state index in [0.717, 1.165) is 11.3 Å². The first-order valence-corrected chi connectivity index (χ1v) is 8.37. The van der Waals surface area contributed by atoms with Crippen LogP contribution < -0.4 is 10.5 Å². The van der Waals surface area contributed by atoms with Gasteiger partial charge in [-0.05, 0) is 19.4 Å². The van der Waals surface area contributed by atoms with Crippen molar-refractivity contribution < 1.29 is 8.42 Å². The van der Waals surface area contributed by atoms with Gasteiger partial charge in [-0.1, -0.05) is 42.3 Å². The quantitative estimate of drug-likeness (QED) is 0.804. The first-order chi connectivity index (χ1) is 8.12. The molecule has 9 heteroatoms. The van der Waals surface area contributed by atoms with Crippen molar-refractivity contribution in [1.82, 2.24) is 4.72 Å². The van der Waals surface area contributed by atoms with Gasteiger partial charge in [-0.15, -0.1) is 11.3 Å². The molecular weight excluding hydrogens is 335 g/mol. The van der Waals surface area contributed by atoms with Crippen LogP contribution in [0.4, 0.5) is 0 Å². The van der Waals surface area contributed by atoms with Crippen molar-refractivity contribution in [3.63, 3.8) is 0 Å². The summed E-state index contributed by atoms with van der Waals surface area (Å²) in [5, 5.41) is 0. The van der Waals surface area contributed by atoms with E-state index in [0.29, 0.717) is 10.8 Å². The van der Waals surface area contributed by atoms with E-state index >= 15 is 0 Å². The number of nitrogens with one attached hydrogen (secondary N) is 1. The van der Waals surface area contributed by atoms with Crippen LogP contribution in [-0.2, 0) is 10.0 Å². The number of halogens is 2. The summed E-state index contributed by atoms with van der Waals surface area (Å²) in [7, 11) is -3.81. The first kappa shape index (κ1) is 16.1. The van der Waals surface area contributed by atoms with Crippen molar-refractivity contribution >= 4 is 61.8 Å². The van der Waals surface area contributed by atoms with Crippen molar-refractivity contribution in [2.24, 2.45) is 5.73 Å². The number of sulfonamides is 1. The van der Waals surface area contributed by atoms with E-state index in [1.165, 1.54) is 6.07 Å². The Morgan fingerprint density at radius 2 is 2.17 bits per heavy atom. The minimum absolute atomic E-state index is 0.0601. The maximum absolute atomic E-state index is 12.2. The lowest BCUT2D eigenvalue weighted by Gasteiger charge is -2.27. The molecule has 1 unspecified atom stereocenters. The van der Waals surface area contributed by atoms with Crippen molar-refractivity contribution in [3.8, 4) is 0 Å². The number of hydrogen-bond acceptors (Lipinski definition) is 4. The van der Waals surface area contributed by atoms with E-state index in [4.69, 9.17) is 41.2 Å². The molecule has 1 atom stereocenters. The normalized spacial score (nSPS) is 15.3. The largest absolute Gasteiger partial charge is 0.392 e. The monoisotopic (exact) mass is 346 g/mol. The highest BCUT2D eigenvalue weighted by molar-refractivity contribution is 7.90. The van der Waals surface area contributed by atoms with Gasteiger partial charge in [0.05, 0.1) is 14.9 Å². The van der Waals surface area contributed by atoms with Crippen LogP contribution in [0.5, 0.6) is 0 Å². The summed E-state index contributed by atoms with van der Waals surface area (Å²) in [6.45, 7) is 3.40. The lowest BCUT2D eigenvalue weighted by atomic mass is 10.0. The zero-order valence-electron chi connectivity index (χ0n) is 9.66. The molecule has 0 bridgehead atoms. The average molecular weight is 347 g/mol. The Morgan fingerprint density at radius 3 is 2.50 bits per heavy atom. The summed E-state index contributed by atoms with van der Waals surface area (Å²) >= 11 is 17.4. The van der Waals surface area contributed by atoms with Gasteiger partial charge in [0.1, 0.15) is 9.23 Å². The highest BCUT2D eigenvalue weighted by atomic mass is 35.5. The average Bonchev–Trinajstić information content (AvgIpc) is 2.57. The molecule has 1 aromatic rings. The standard InChI is InChI=1S/C9H12Cl2N2O2S3/c1-3-9(2,8(12)16)13-18(14,15)5-4-6(10)17-7(5)11/h4,13H,3H2,1-2H3,(H2,12,16). The maximum atomic E-state index is 12.2.